The Labute approximate surface area is 122 Å². The first kappa shape index (κ1) is 15.2. The van der Waals surface area contributed by atoms with E-state index in [1.807, 2.05) is 19.9 Å². The molecule has 0 aromatic carbocycles. The van der Waals surface area contributed by atoms with Crippen LogP contribution in [0, 0.1) is 5.92 Å². The Bertz CT molecular complexity index is 391. The Morgan fingerprint density at radius 1 is 1.35 bits per heavy atom. The van der Waals surface area contributed by atoms with Gasteiger partial charge in [-0.2, -0.15) is 0 Å². The molecule has 0 amide bonds. The first-order chi connectivity index (χ1) is 9.63. The van der Waals surface area contributed by atoms with Crippen LogP contribution in [-0.2, 0) is 4.74 Å². The van der Waals surface area contributed by atoms with E-state index in [2.05, 4.69) is 21.8 Å². The molecule has 0 bridgehead atoms. The van der Waals surface area contributed by atoms with Gasteiger partial charge in [-0.25, -0.2) is 4.99 Å². The van der Waals surface area contributed by atoms with Crippen LogP contribution in [0.4, 0.5) is 0 Å². The molecule has 0 saturated carbocycles. The molecule has 1 saturated heterocycles. The maximum absolute atomic E-state index is 5.76. The summed E-state index contributed by atoms with van der Waals surface area (Å²) in [6.07, 6.45) is 7.31. The quantitative estimate of drug-likeness (QED) is 0.795. The van der Waals surface area contributed by atoms with E-state index < -0.39 is 0 Å². The number of aliphatic imine (C=N–C) groups is 2. The highest BCUT2D eigenvalue weighted by Crippen LogP contribution is 2.16. The minimum Gasteiger partial charge on any atom is -0.478 e. The van der Waals surface area contributed by atoms with Crippen molar-refractivity contribution in [3.63, 3.8) is 0 Å². The summed E-state index contributed by atoms with van der Waals surface area (Å²) in [5.41, 5.74) is 1.20. The molecule has 0 aliphatic carbocycles. The number of piperidine rings is 1. The first-order valence-electron chi connectivity index (χ1n) is 7.76. The third kappa shape index (κ3) is 5.08. The smallest absolute Gasteiger partial charge is 0.193 e. The van der Waals surface area contributed by atoms with E-state index in [1.54, 1.807) is 6.20 Å². The number of nitrogens with zero attached hydrogens (tertiary/aromatic N) is 3. The van der Waals surface area contributed by atoms with E-state index in [4.69, 9.17) is 4.74 Å². The molecule has 4 heteroatoms. The summed E-state index contributed by atoms with van der Waals surface area (Å²) in [6, 6.07) is 0. The van der Waals surface area contributed by atoms with Gasteiger partial charge in [0.25, 0.3) is 0 Å². The van der Waals surface area contributed by atoms with Gasteiger partial charge in [0.2, 0.25) is 0 Å². The Balaban J connectivity index is 1.92. The Morgan fingerprint density at radius 2 is 2.10 bits per heavy atom. The van der Waals surface area contributed by atoms with Crippen molar-refractivity contribution in [1.29, 1.82) is 0 Å². The van der Waals surface area contributed by atoms with E-state index >= 15 is 0 Å². The normalized spacial score (nSPS) is 22.2. The van der Waals surface area contributed by atoms with Crippen molar-refractivity contribution in [2.75, 3.05) is 26.2 Å². The molecular formula is C16H27N3O. The lowest BCUT2D eigenvalue weighted by Gasteiger charge is -2.30. The molecule has 0 spiro atoms. The number of hydrogen-bond donors (Lipinski definition) is 0. The molecule has 2 rings (SSSR count). The molecule has 2 heterocycles. The third-order valence-corrected chi connectivity index (χ3v) is 3.75. The molecule has 0 radical (unpaired) electrons. The molecule has 20 heavy (non-hydrogen) atoms. The molecule has 2 aliphatic heterocycles. The molecule has 0 atom stereocenters. The topological polar surface area (TPSA) is 37.2 Å². The molecule has 4 nitrogen and oxygen atoms in total. The van der Waals surface area contributed by atoms with Crippen LogP contribution in [0.25, 0.3) is 0 Å². The Hall–Kier alpha value is -1.16. The zero-order chi connectivity index (χ0) is 14.4. The van der Waals surface area contributed by atoms with Crippen LogP contribution in [0.15, 0.2) is 22.3 Å². The van der Waals surface area contributed by atoms with Gasteiger partial charge in [-0.05, 0) is 51.8 Å². The van der Waals surface area contributed by atoms with Crippen molar-refractivity contribution in [2.45, 2.75) is 46.1 Å². The van der Waals surface area contributed by atoms with Gasteiger partial charge < -0.3 is 4.74 Å². The van der Waals surface area contributed by atoms with Gasteiger partial charge in [0.05, 0.1) is 19.1 Å². The maximum Gasteiger partial charge on any atom is 0.193 e. The molecule has 1 fully saturated rings. The summed E-state index contributed by atoms with van der Waals surface area (Å²) in [5, 5.41) is 0. The van der Waals surface area contributed by atoms with Crippen molar-refractivity contribution in [1.82, 2.24) is 4.90 Å². The predicted octanol–water partition coefficient (Wildman–Crippen LogP) is 2.90. The van der Waals surface area contributed by atoms with Crippen LogP contribution in [0.5, 0.6) is 0 Å². The number of rotatable bonds is 3. The van der Waals surface area contributed by atoms with Crippen molar-refractivity contribution >= 4 is 11.6 Å². The summed E-state index contributed by atoms with van der Waals surface area (Å²) < 4.78 is 5.76. The Kier molecular flexibility index (Phi) is 5.77. The first-order valence-corrected chi connectivity index (χ1v) is 7.76. The lowest BCUT2D eigenvalue weighted by Crippen LogP contribution is -2.37. The minimum absolute atomic E-state index is 0.165. The molecule has 0 N–H and O–H groups in total. The van der Waals surface area contributed by atoms with E-state index in [0.29, 0.717) is 0 Å². The van der Waals surface area contributed by atoms with Crippen molar-refractivity contribution in [3.05, 3.63) is 12.3 Å². The van der Waals surface area contributed by atoms with Crippen LogP contribution in [0.3, 0.4) is 0 Å². The second-order valence-corrected chi connectivity index (χ2v) is 6.12. The summed E-state index contributed by atoms with van der Waals surface area (Å²) in [6.45, 7) is 10.5. The van der Waals surface area contributed by atoms with Gasteiger partial charge in [-0.1, -0.05) is 6.92 Å². The van der Waals surface area contributed by atoms with Gasteiger partial charge in [0, 0.05) is 18.5 Å². The fourth-order valence-electron chi connectivity index (χ4n) is 2.57. The summed E-state index contributed by atoms with van der Waals surface area (Å²) in [4.78, 5) is 11.6. The zero-order valence-electron chi connectivity index (χ0n) is 13.0. The van der Waals surface area contributed by atoms with Crippen LogP contribution in [0.2, 0.25) is 0 Å². The number of ether oxygens (including phenoxy) is 1. The predicted molar refractivity (Wildman–Crippen MR) is 84.6 cm³/mol. The van der Waals surface area contributed by atoms with Gasteiger partial charge in [-0.3, -0.25) is 9.89 Å². The average molecular weight is 277 g/mol. The molecule has 112 valence electrons. The van der Waals surface area contributed by atoms with Crippen molar-refractivity contribution < 1.29 is 4.74 Å². The van der Waals surface area contributed by atoms with Crippen LogP contribution < -0.4 is 0 Å². The fraction of sp³-hybridized carbons (Fsp3) is 0.750. The highest BCUT2D eigenvalue weighted by molar-refractivity contribution is 6.02. The van der Waals surface area contributed by atoms with Crippen molar-refractivity contribution in [2.24, 2.45) is 15.9 Å². The summed E-state index contributed by atoms with van der Waals surface area (Å²) in [5.74, 6) is 1.66. The molecule has 0 unspecified atom stereocenters. The van der Waals surface area contributed by atoms with Gasteiger partial charge in [0.1, 0.15) is 0 Å². The van der Waals surface area contributed by atoms with Gasteiger partial charge in [-0.15, -0.1) is 0 Å². The van der Waals surface area contributed by atoms with Crippen LogP contribution >= 0.6 is 0 Å². The van der Waals surface area contributed by atoms with Gasteiger partial charge >= 0.3 is 0 Å². The van der Waals surface area contributed by atoms with E-state index in [1.165, 1.54) is 31.6 Å². The monoisotopic (exact) mass is 277 g/mol. The maximum atomic E-state index is 5.76. The standard InChI is InChI=1S/C16H27N3O/c1-13(2)20-16-11-15(17-7-4-8-18-16)12-19-9-5-14(3)6-10-19/h4,8,13-14H,5-7,9-12H2,1-3H3. The molecule has 0 aromatic rings. The number of hydrogen-bond acceptors (Lipinski definition) is 4. The third-order valence-electron chi connectivity index (χ3n) is 3.75. The van der Waals surface area contributed by atoms with Crippen LogP contribution in [0.1, 0.15) is 40.0 Å². The second kappa shape index (κ2) is 7.58. The zero-order valence-corrected chi connectivity index (χ0v) is 13.0. The van der Waals surface area contributed by atoms with Crippen LogP contribution in [-0.4, -0.2) is 48.8 Å². The van der Waals surface area contributed by atoms with Crippen molar-refractivity contribution in [3.8, 4) is 0 Å². The van der Waals surface area contributed by atoms with E-state index in [-0.39, 0.29) is 6.10 Å². The highest BCUT2D eigenvalue weighted by Gasteiger charge is 2.18. The highest BCUT2D eigenvalue weighted by atomic mass is 16.5. The van der Waals surface area contributed by atoms with Gasteiger partial charge in [0.15, 0.2) is 5.90 Å². The number of likely N-dealkylation sites (tertiary alicyclic amines) is 1. The summed E-state index contributed by atoms with van der Waals surface area (Å²) in [7, 11) is 0. The molecular weight excluding hydrogens is 250 g/mol. The lowest BCUT2D eigenvalue weighted by molar-refractivity contribution is 0.212. The lowest BCUT2D eigenvalue weighted by atomic mass is 9.99. The average Bonchev–Trinajstić information content (AvgIpc) is 2.37. The molecule has 2 aliphatic rings. The largest absolute Gasteiger partial charge is 0.478 e. The summed E-state index contributed by atoms with van der Waals surface area (Å²) >= 11 is 0. The van der Waals surface area contributed by atoms with E-state index in [9.17, 15) is 0 Å². The SMILES string of the molecule is CC1CCN(CC2=NCC=CN=C(OC(C)C)C2)CC1. The second-order valence-electron chi connectivity index (χ2n) is 6.12. The van der Waals surface area contributed by atoms with E-state index in [0.717, 1.165) is 31.3 Å². The molecule has 0 aromatic heterocycles. The fourth-order valence-corrected chi connectivity index (χ4v) is 2.57. The minimum atomic E-state index is 0.165. The Morgan fingerprint density at radius 3 is 2.80 bits per heavy atom.